The predicted molar refractivity (Wildman–Crippen MR) is 131 cm³/mol. The lowest BCUT2D eigenvalue weighted by molar-refractivity contribution is 0.0991. The Kier molecular flexibility index (Phi) is 5.97. The van der Waals surface area contributed by atoms with Gasteiger partial charge >= 0.3 is 0 Å². The molecule has 2 N–H and O–H groups in total. The molecule has 0 aliphatic rings. The maximum atomic E-state index is 13.0. The second kappa shape index (κ2) is 8.54. The number of nitrogen functional groups attached to an aromatic ring is 1. The number of aromatic nitrogens is 1. The van der Waals surface area contributed by atoms with Crippen LogP contribution >= 0.6 is 38.9 Å². The fraction of sp³-hybridized carbons (Fsp3) is 0.125. The first-order valence-electron chi connectivity index (χ1n) is 9.53. The van der Waals surface area contributed by atoms with Gasteiger partial charge in [0.05, 0.1) is 5.69 Å². The molecule has 0 amide bonds. The Morgan fingerprint density at radius 3 is 2.29 bits per heavy atom. The summed E-state index contributed by atoms with van der Waals surface area (Å²) >= 11 is 10.6. The highest BCUT2D eigenvalue weighted by Gasteiger charge is 2.23. The first-order chi connectivity index (χ1) is 14.8. The lowest BCUT2D eigenvalue weighted by Gasteiger charge is -2.11. The molecule has 0 aliphatic heterocycles. The molecule has 0 saturated carbocycles. The van der Waals surface area contributed by atoms with Gasteiger partial charge in [-0.05, 0) is 61.4 Å². The number of halogens is 2. The number of rotatable bonds is 5. The number of aryl methyl sites for hydroxylation is 2. The number of thiophene rings is 1. The monoisotopic (exact) mass is 512 g/mol. The molecule has 0 saturated heterocycles. The quantitative estimate of drug-likeness (QED) is 0.306. The van der Waals surface area contributed by atoms with Crippen molar-refractivity contribution in [2.75, 3.05) is 5.73 Å². The van der Waals surface area contributed by atoms with Crippen molar-refractivity contribution < 1.29 is 9.59 Å². The van der Waals surface area contributed by atoms with Crippen LogP contribution in [0, 0.1) is 13.8 Å². The third-order valence-electron chi connectivity index (χ3n) is 5.28. The van der Waals surface area contributed by atoms with Crippen LogP contribution in [0.15, 0.2) is 53.0 Å². The summed E-state index contributed by atoms with van der Waals surface area (Å²) in [6.07, 6.45) is 0.220. The normalized spacial score (nSPS) is 11.1. The van der Waals surface area contributed by atoms with Crippen LogP contribution in [-0.2, 0) is 6.42 Å². The van der Waals surface area contributed by atoms with Gasteiger partial charge in [0.15, 0.2) is 5.78 Å². The predicted octanol–water partition coefficient (Wildman–Crippen LogP) is 6.57. The van der Waals surface area contributed by atoms with Gasteiger partial charge in [-0.15, -0.1) is 11.3 Å². The van der Waals surface area contributed by atoms with Crippen LogP contribution in [0.25, 0.3) is 10.2 Å². The molecular weight excluding hydrogens is 496 g/mol. The van der Waals surface area contributed by atoms with Crippen LogP contribution in [0.3, 0.4) is 0 Å². The minimum absolute atomic E-state index is 0.00566. The number of ketones is 2. The van der Waals surface area contributed by atoms with Crippen molar-refractivity contribution in [1.82, 2.24) is 4.98 Å². The van der Waals surface area contributed by atoms with Crippen molar-refractivity contribution in [2.45, 2.75) is 20.3 Å². The third kappa shape index (κ3) is 4.15. The molecule has 4 rings (SSSR count). The molecule has 0 bridgehead atoms. The molecule has 7 heteroatoms. The van der Waals surface area contributed by atoms with Gasteiger partial charge in [-0.25, -0.2) is 4.98 Å². The van der Waals surface area contributed by atoms with Crippen LogP contribution in [0.5, 0.6) is 0 Å². The molecule has 0 radical (unpaired) electrons. The molecule has 0 atom stereocenters. The Hall–Kier alpha value is -2.54. The number of Topliss-reactive ketones (excluding diaryl/α,β-unsaturated/α-hetero) is 1. The summed E-state index contributed by atoms with van der Waals surface area (Å²) in [5.74, 6) is -0.159. The van der Waals surface area contributed by atoms with E-state index in [1.807, 2.05) is 26.0 Å². The smallest absolute Gasteiger partial charge is 0.205 e. The Bertz CT molecular complexity index is 1330. The fourth-order valence-corrected chi connectivity index (χ4v) is 5.13. The number of benzene rings is 2. The summed E-state index contributed by atoms with van der Waals surface area (Å²) < 4.78 is 0.920. The molecule has 0 spiro atoms. The number of nitrogens with two attached hydrogens (primary N) is 1. The summed E-state index contributed by atoms with van der Waals surface area (Å²) in [6, 6.07) is 14.0. The summed E-state index contributed by atoms with van der Waals surface area (Å²) in [5, 5.41) is 1.31. The number of pyridine rings is 1. The van der Waals surface area contributed by atoms with Gasteiger partial charge in [-0.3, -0.25) is 9.59 Å². The van der Waals surface area contributed by atoms with E-state index in [9.17, 15) is 9.59 Å². The highest BCUT2D eigenvalue weighted by atomic mass is 79.9. The number of hydrogen-bond acceptors (Lipinski definition) is 5. The van der Waals surface area contributed by atoms with Gasteiger partial charge in [-0.2, -0.15) is 0 Å². The average molecular weight is 514 g/mol. The van der Waals surface area contributed by atoms with Crippen LogP contribution in [0.4, 0.5) is 5.69 Å². The lowest BCUT2D eigenvalue weighted by atomic mass is 9.96. The number of nitrogens with zero attached hydrogens (tertiary/aromatic N) is 1. The van der Waals surface area contributed by atoms with Crippen molar-refractivity contribution in [1.29, 1.82) is 0 Å². The molecule has 156 valence electrons. The van der Waals surface area contributed by atoms with Crippen molar-refractivity contribution in [3.05, 3.63) is 90.9 Å². The zero-order valence-corrected chi connectivity index (χ0v) is 20.0. The van der Waals surface area contributed by atoms with E-state index in [0.717, 1.165) is 26.7 Å². The van der Waals surface area contributed by atoms with Crippen LogP contribution in [0.2, 0.25) is 5.02 Å². The minimum Gasteiger partial charge on any atom is -0.397 e. The van der Waals surface area contributed by atoms with E-state index in [2.05, 4.69) is 20.9 Å². The van der Waals surface area contributed by atoms with Crippen molar-refractivity contribution >= 4 is 66.3 Å². The van der Waals surface area contributed by atoms with Crippen molar-refractivity contribution in [3.8, 4) is 0 Å². The summed E-state index contributed by atoms with van der Waals surface area (Å²) in [5.41, 5.74) is 10.5. The van der Waals surface area contributed by atoms with E-state index in [-0.39, 0.29) is 18.0 Å². The number of hydrogen-bond donors (Lipinski definition) is 1. The van der Waals surface area contributed by atoms with E-state index < -0.39 is 0 Å². The van der Waals surface area contributed by atoms with Crippen LogP contribution in [0.1, 0.15) is 42.4 Å². The average Bonchev–Trinajstić information content (AvgIpc) is 3.07. The first kappa shape index (κ1) is 21.7. The lowest BCUT2D eigenvalue weighted by Crippen LogP contribution is -2.08. The molecule has 0 aliphatic carbocycles. The maximum absolute atomic E-state index is 13.0. The maximum Gasteiger partial charge on any atom is 0.205 e. The van der Waals surface area contributed by atoms with Gasteiger partial charge in [0, 0.05) is 38.1 Å². The molecule has 4 nitrogen and oxygen atoms in total. The van der Waals surface area contributed by atoms with Crippen LogP contribution < -0.4 is 5.73 Å². The standard InChI is InChI=1S/C24H18BrClN2O2S/c1-12-18(11-19(29)14-3-7-16(25)8-4-14)13(2)28-24-20(12)21(27)23(31-24)22(30)15-5-9-17(26)10-6-15/h3-10H,11,27H2,1-2H3. The second-order valence-corrected chi connectivity index (χ2v) is 9.62. The van der Waals surface area contributed by atoms with Crippen molar-refractivity contribution in [3.63, 3.8) is 0 Å². The van der Waals surface area contributed by atoms with E-state index in [0.29, 0.717) is 31.5 Å². The largest absolute Gasteiger partial charge is 0.397 e. The van der Waals surface area contributed by atoms with E-state index in [4.69, 9.17) is 17.3 Å². The summed E-state index contributed by atoms with van der Waals surface area (Å²) in [4.78, 5) is 31.7. The van der Waals surface area contributed by atoms with Gasteiger partial charge in [0.25, 0.3) is 0 Å². The fourth-order valence-electron chi connectivity index (χ4n) is 3.57. The van der Waals surface area contributed by atoms with Crippen molar-refractivity contribution in [2.24, 2.45) is 0 Å². The number of carbonyl (C=O) groups is 2. The topological polar surface area (TPSA) is 73.1 Å². The van der Waals surface area contributed by atoms with E-state index >= 15 is 0 Å². The molecule has 4 aromatic rings. The van der Waals surface area contributed by atoms with E-state index in [1.165, 1.54) is 11.3 Å². The minimum atomic E-state index is -0.165. The van der Waals surface area contributed by atoms with Gasteiger partial charge < -0.3 is 5.73 Å². The molecule has 31 heavy (non-hydrogen) atoms. The molecule has 2 aromatic carbocycles. The highest BCUT2D eigenvalue weighted by molar-refractivity contribution is 9.10. The molecule has 0 unspecified atom stereocenters. The first-order valence-corrected chi connectivity index (χ1v) is 11.5. The number of anilines is 1. The highest BCUT2D eigenvalue weighted by Crippen LogP contribution is 2.38. The number of carbonyl (C=O) groups excluding carboxylic acids is 2. The van der Waals surface area contributed by atoms with Gasteiger partial charge in [0.1, 0.15) is 9.71 Å². The van der Waals surface area contributed by atoms with Crippen LogP contribution in [-0.4, -0.2) is 16.6 Å². The Balaban J connectivity index is 1.75. The molecule has 2 aromatic heterocycles. The second-order valence-electron chi connectivity index (χ2n) is 7.27. The number of fused-ring (bicyclic) bond motifs is 1. The molecule has 0 fully saturated rings. The van der Waals surface area contributed by atoms with Gasteiger partial charge in [0.2, 0.25) is 5.78 Å². The SMILES string of the molecule is Cc1nc2sc(C(=O)c3ccc(Cl)cc3)c(N)c2c(C)c1CC(=O)c1ccc(Br)cc1. The zero-order chi connectivity index (χ0) is 22.3. The molecular formula is C24H18BrClN2O2S. The third-order valence-corrected chi connectivity index (χ3v) is 7.16. The van der Waals surface area contributed by atoms with Gasteiger partial charge in [-0.1, -0.05) is 39.7 Å². The molecule has 2 heterocycles. The Labute approximate surface area is 197 Å². The summed E-state index contributed by atoms with van der Waals surface area (Å²) in [7, 11) is 0. The van der Waals surface area contributed by atoms with E-state index in [1.54, 1.807) is 36.4 Å². The Morgan fingerprint density at radius 2 is 1.65 bits per heavy atom. The zero-order valence-electron chi connectivity index (χ0n) is 16.8. The Morgan fingerprint density at radius 1 is 1.03 bits per heavy atom. The summed E-state index contributed by atoms with van der Waals surface area (Å²) in [6.45, 7) is 3.81.